The molecule has 0 aliphatic carbocycles. The van der Waals surface area contributed by atoms with Gasteiger partial charge in [-0.15, -0.1) is 11.3 Å². The number of thiophene rings is 1. The monoisotopic (exact) mass is 325 g/mol. The van der Waals surface area contributed by atoms with Crippen LogP contribution in [0.4, 0.5) is 0 Å². The van der Waals surface area contributed by atoms with E-state index in [1.165, 1.54) is 17.4 Å². The third-order valence-corrected chi connectivity index (χ3v) is 5.46. The van der Waals surface area contributed by atoms with Crippen molar-refractivity contribution in [3.8, 4) is 0 Å². The molecule has 2 N–H and O–H groups in total. The topological polar surface area (TPSA) is 71.1 Å². The summed E-state index contributed by atoms with van der Waals surface area (Å²) in [7, 11) is -3.60. The van der Waals surface area contributed by atoms with Crippen molar-refractivity contribution in [2.75, 3.05) is 6.54 Å². The lowest BCUT2D eigenvalue weighted by Crippen LogP contribution is -2.27. The zero-order valence-electron chi connectivity index (χ0n) is 12.0. The van der Waals surface area contributed by atoms with E-state index in [0.29, 0.717) is 6.54 Å². The minimum atomic E-state index is -3.60. The second-order valence-corrected chi connectivity index (χ2v) is 7.28. The van der Waals surface area contributed by atoms with E-state index >= 15 is 0 Å². The van der Waals surface area contributed by atoms with Crippen molar-refractivity contribution in [2.24, 2.45) is 0 Å². The van der Waals surface area contributed by atoms with Crippen molar-refractivity contribution in [3.63, 3.8) is 0 Å². The van der Waals surface area contributed by atoms with Gasteiger partial charge in [0.25, 0.3) is 10.0 Å². The molecule has 0 saturated carbocycles. The van der Waals surface area contributed by atoms with Crippen LogP contribution in [0.5, 0.6) is 0 Å². The van der Waals surface area contributed by atoms with Crippen LogP contribution in [-0.4, -0.2) is 19.9 Å². The molecule has 0 aliphatic rings. The second kappa shape index (κ2) is 7.13. The maximum absolute atomic E-state index is 12.3. The minimum Gasteiger partial charge on any atom is -0.313 e. The van der Waals surface area contributed by atoms with Gasteiger partial charge in [-0.2, -0.15) is 0 Å². The van der Waals surface area contributed by atoms with Gasteiger partial charge in [-0.25, -0.2) is 18.1 Å². The third kappa shape index (κ3) is 4.34. The van der Waals surface area contributed by atoms with E-state index in [9.17, 15) is 8.42 Å². The normalized spacial score (nSPS) is 13.2. The van der Waals surface area contributed by atoms with Crippen molar-refractivity contribution in [3.05, 3.63) is 46.3 Å². The molecule has 21 heavy (non-hydrogen) atoms. The molecule has 5 nitrogen and oxygen atoms in total. The molecule has 0 aromatic carbocycles. The number of pyridine rings is 1. The van der Waals surface area contributed by atoms with Crippen LogP contribution in [0, 0.1) is 0 Å². The molecule has 0 aliphatic heterocycles. The Kier molecular flexibility index (Phi) is 5.46. The first-order chi connectivity index (χ1) is 10.0. The number of nitrogens with zero attached hydrogens (tertiary/aromatic N) is 1. The first-order valence-electron chi connectivity index (χ1n) is 6.74. The average Bonchev–Trinajstić information content (AvgIpc) is 2.99. The third-order valence-electron chi connectivity index (χ3n) is 2.95. The first kappa shape index (κ1) is 16.1. The molecule has 0 bridgehead atoms. The Balaban J connectivity index is 2.08. The average molecular weight is 325 g/mol. The van der Waals surface area contributed by atoms with Crippen LogP contribution in [-0.2, 0) is 16.6 Å². The maximum Gasteiger partial charge on any atom is 0.258 e. The van der Waals surface area contributed by atoms with E-state index in [1.807, 2.05) is 31.4 Å². The molecule has 114 valence electrons. The Morgan fingerprint density at radius 1 is 1.33 bits per heavy atom. The summed E-state index contributed by atoms with van der Waals surface area (Å²) >= 11 is 1.52. The SMILES string of the molecule is CCNCc1ccc(S(=O)(=O)NC(C)c2cccs2)nc1. The molecule has 0 radical (unpaired) electrons. The van der Waals surface area contributed by atoms with Crippen molar-refractivity contribution in [1.29, 1.82) is 0 Å². The summed E-state index contributed by atoms with van der Waals surface area (Å²) in [4.78, 5) is 5.02. The van der Waals surface area contributed by atoms with Gasteiger partial charge in [0.1, 0.15) is 0 Å². The van der Waals surface area contributed by atoms with E-state index in [4.69, 9.17) is 0 Å². The molecule has 1 atom stereocenters. The summed E-state index contributed by atoms with van der Waals surface area (Å²) in [5.41, 5.74) is 0.960. The molecule has 2 heterocycles. The van der Waals surface area contributed by atoms with Crippen LogP contribution in [0.2, 0.25) is 0 Å². The van der Waals surface area contributed by atoms with Gasteiger partial charge >= 0.3 is 0 Å². The van der Waals surface area contributed by atoms with Gasteiger partial charge in [0.05, 0.1) is 6.04 Å². The van der Waals surface area contributed by atoms with Gasteiger partial charge < -0.3 is 5.32 Å². The summed E-state index contributed by atoms with van der Waals surface area (Å²) < 4.78 is 27.2. The Morgan fingerprint density at radius 3 is 2.71 bits per heavy atom. The van der Waals surface area contributed by atoms with E-state index in [0.717, 1.165) is 17.0 Å². The van der Waals surface area contributed by atoms with E-state index in [2.05, 4.69) is 15.0 Å². The standard InChI is InChI=1S/C14H19N3O2S2/c1-3-15-9-12-6-7-14(16-10-12)21(18,19)17-11(2)13-5-4-8-20-13/h4-8,10-11,15,17H,3,9H2,1-2H3. The van der Waals surface area contributed by atoms with Crippen LogP contribution in [0.25, 0.3) is 0 Å². The second-order valence-electron chi connectivity index (χ2n) is 4.64. The van der Waals surface area contributed by atoms with E-state index in [-0.39, 0.29) is 11.1 Å². The number of hydrogen-bond acceptors (Lipinski definition) is 5. The molecule has 2 aromatic heterocycles. The van der Waals surface area contributed by atoms with Gasteiger partial charge in [-0.3, -0.25) is 0 Å². The molecule has 0 spiro atoms. The molecule has 0 saturated heterocycles. The summed E-state index contributed by atoms with van der Waals surface area (Å²) in [6.07, 6.45) is 1.59. The lowest BCUT2D eigenvalue weighted by Gasteiger charge is -2.12. The van der Waals surface area contributed by atoms with Crippen molar-refractivity contribution >= 4 is 21.4 Å². The Hall–Kier alpha value is -1.28. The molecular formula is C14H19N3O2S2. The lowest BCUT2D eigenvalue weighted by atomic mass is 10.3. The van der Waals surface area contributed by atoms with Crippen LogP contribution in [0.15, 0.2) is 40.9 Å². The van der Waals surface area contributed by atoms with Crippen LogP contribution in [0.3, 0.4) is 0 Å². The fraction of sp³-hybridized carbons (Fsp3) is 0.357. The van der Waals surface area contributed by atoms with Crippen molar-refractivity contribution in [1.82, 2.24) is 15.0 Å². The van der Waals surface area contributed by atoms with Crippen LogP contribution >= 0.6 is 11.3 Å². The Labute approximate surface area is 129 Å². The zero-order chi connectivity index (χ0) is 15.3. The zero-order valence-corrected chi connectivity index (χ0v) is 13.7. The molecule has 2 rings (SSSR count). The fourth-order valence-electron chi connectivity index (χ4n) is 1.83. The highest BCUT2D eigenvalue weighted by atomic mass is 32.2. The first-order valence-corrected chi connectivity index (χ1v) is 9.10. The Bertz CT molecular complexity index is 652. The maximum atomic E-state index is 12.3. The van der Waals surface area contributed by atoms with Gasteiger partial charge in [-0.1, -0.05) is 19.1 Å². The molecule has 0 fully saturated rings. The predicted molar refractivity (Wildman–Crippen MR) is 84.7 cm³/mol. The Morgan fingerprint density at radius 2 is 2.14 bits per heavy atom. The molecule has 7 heteroatoms. The van der Waals surface area contributed by atoms with Gasteiger partial charge in [0, 0.05) is 17.6 Å². The highest BCUT2D eigenvalue weighted by Gasteiger charge is 2.20. The molecule has 0 amide bonds. The van der Waals surface area contributed by atoms with Crippen LogP contribution < -0.4 is 10.0 Å². The minimum absolute atomic E-state index is 0.0474. The molecule has 2 aromatic rings. The lowest BCUT2D eigenvalue weighted by molar-refractivity contribution is 0.564. The summed E-state index contributed by atoms with van der Waals surface area (Å²) in [6, 6.07) is 6.86. The number of nitrogens with one attached hydrogen (secondary N) is 2. The highest BCUT2D eigenvalue weighted by Crippen LogP contribution is 2.20. The number of sulfonamides is 1. The van der Waals surface area contributed by atoms with Crippen LogP contribution in [0.1, 0.15) is 30.3 Å². The quantitative estimate of drug-likeness (QED) is 0.819. The van der Waals surface area contributed by atoms with Gasteiger partial charge in [0.15, 0.2) is 5.03 Å². The number of hydrogen-bond donors (Lipinski definition) is 2. The predicted octanol–water partition coefficient (Wildman–Crippen LogP) is 2.29. The summed E-state index contributed by atoms with van der Waals surface area (Å²) in [5, 5.41) is 5.14. The number of rotatable bonds is 7. The largest absolute Gasteiger partial charge is 0.313 e. The van der Waals surface area contributed by atoms with E-state index in [1.54, 1.807) is 12.3 Å². The fourth-order valence-corrected chi connectivity index (χ4v) is 3.79. The molecular weight excluding hydrogens is 306 g/mol. The van der Waals surface area contributed by atoms with Gasteiger partial charge in [-0.05, 0) is 36.5 Å². The van der Waals surface area contributed by atoms with Gasteiger partial charge in [0.2, 0.25) is 0 Å². The highest BCUT2D eigenvalue weighted by molar-refractivity contribution is 7.89. The van der Waals surface area contributed by atoms with E-state index < -0.39 is 10.0 Å². The smallest absolute Gasteiger partial charge is 0.258 e. The molecule has 1 unspecified atom stereocenters. The van der Waals surface area contributed by atoms with Crippen molar-refractivity contribution < 1.29 is 8.42 Å². The number of aromatic nitrogens is 1. The summed E-state index contributed by atoms with van der Waals surface area (Å²) in [6.45, 7) is 5.38. The van der Waals surface area contributed by atoms with Crippen molar-refractivity contribution in [2.45, 2.75) is 31.5 Å². The summed E-state index contributed by atoms with van der Waals surface area (Å²) in [5.74, 6) is 0.